The average Bonchev–Trinajstić information content (AvgIpc) is 3.54. The van der Waals surface area contributed by atoms with Crippen LogP contribution in [0, 0.1) is 11.8 Å². The molecule has 7 nitrogen and oxygen atoms in total. The average molecular weight is 455 g/mol. The predicted octanol–water partition coefficient (Wildman–Crippen LogP) is 5.22. The monoisotopic (exact) mass is 454 g/mol. The van der Waals surface area contributed by atoms with Crippen LogP contribution in [0.4, 0.5) is 10.6 Å². The molecule has 0 aliphatic carbocycles. The quantitative estimate of drug-likeness (QED) is 0.448. The molecule has 1 N–H and O–H groups in total. The van der Waals surface area contributed by atoms with E-state index in [4.69, 9.17) is 9.26 Å². The highest BCUT2D eigenvalue weighted by atomic mass is 16.5. The normalized spacial score (nSPS) is 19.9. The Bertz CT molecular complexity index is 1290. The van der Waals surface area contributed by atoms with Crippen LogP contribution in [-0.4, -0.2) is 47.2 Å². The van der Waals surface area contributed by atoms with Crippen LogP contribution >= 0.6 is 0 Å². The number of nitrogens with one attached hydrogen (secondary N) is 1. The van der Waals surface area contributed by atoms with Crippen molar-refractivity contribution in [2.24, 2.45) is 11.8 Å². The van der Waals surface area contributed by atoms with E-state index >= 15 is 0 Å². The fraction of sp³-hybridized carbons (Fsp3) is 0.259. The number of hydrogen-bond acceptors (Lipinski definition) is 5. The van der Waals surface area contributed by atoms with E-state index < -0.39 is 0 Å². The minimum Gasteiger partial charge on any atom is -0.457 e. The molecule has 3 aromatic carbocycles. The van der Waals surface area contributed by atoms with Gasteiger partial charge in [0.2, 0.25) is 0 Å². The SMILES string of the molecule is O=C(Nc1noc2ccccc12)N1CC2CN(Cc3cccc(Oc4ccccc4)c3)CC2C1. The summed E-state index contributed by atoms with van der Waals surface area (Å²) >= 11 is 0. The van der Waals surface area contributed by atoms with E-state index in [-0.39, 0.29) is 6.03 Å². The summed E-state index contributed by atoms with van der Waals surface area (Å²) in [7, 11) is 0. The standard InChI is InChI=1S/C27H26N4O3/c32-27(28-26-24-11-4-5-12-25(24)34-29-26)31-17-20-15-30(16-21(20)18-31)14-19-7-6-10-23(13-19)33-22-8-2-1-3-9-22/h1-13,20-21H,14-18H2,(H,28,29,32). The summed E-state index contributed by atoms with van der Waals surface area (Å²) in [6.45, 7) is 4.40. The second-order valence-electron chi connectivity index (χ2n) is 9.14. The zero-order chi connectivity index (χ0) is 22.9. The molecule has 2 unspecified atom stereocenters. The molecule has 172 valence electrons. The van der Waals surface area contributed by atoms with Gasteiger partial charge in [-0.1, -0.05) is 47.6 Å². The highest BCUT2D eigenvalue weighted by Crippen LogP contribution is 2.33. The number of likely N-dealkylation sites (tertiary alicyclic amines) is 2. The van der Waals surface area contributed by atoms with Crippen LogP contribution in [0.15, 0.2) is 83.4 Å². The fourth-order valence-corrected chi connectivity index (χ4v) is 5.13. The number of ether oxygens (including phenoxy) is 1. The number of carbonyl (C=O) groups is 1. The number of amides is 2. The van der Waals surface area contributed by atoms with Crippen LogP contribution in [0.5, 0.6) is 11.5 Å². The minimum absolute atomic E-state index is 0.106. The van der Waals surface area contributed by atoms with Crippen molar-refractivity contribution in [3.63, 3.8) is 0 Å². The number of benzene rings is 3. The summed E-state index contributed by atoms with van der Waals surface area (Å²) in [5.41, 5.74) is 1.91. The maximum Gasteiger partial charge on any atom is 0.323 e. The Morgan fingerprint density at radius 3 is 2.47 bits per heavy atom. The first-order valence-electron chi connectivity index (χ1n) is 11.7. The van der Waals surface area contributed by atoms with Crippen LogP contribution < -0.4 is 10.1 Å². The van der Waals surface area contributed by atoms with Gasteiger partial charge in [0.1, 0.15) is 11.5 Å². The third-order valence-corrected chi connectivity index (χ3v) is 6.74. The number of hydrogen-bond donors (Lipinski definition) is 1. The Hall–Kier alpha value is -3.84. The van der Waals surface area contributed by atoms with E-state index in [1.54, 1.807) is 0 Å². The van der Waals surface area contributed by atoms with Crippen LogP contribution in [0.1, 0.15) is 5.56 Å². The molecule has 2 fully saturated rings. The molecule has 3 heterocycles. The molecule has 7 heteroatoms. The van der Waals surface area contributed by atoms with Gasteiger partial charge in [0.25, 0.3) is 0 Å². The molecule has 0 saturated carbocycles. The van der Waals surface area contributed by atoms with Crippen LogP contribution in [0.3, 0.4) is 0 Å². The number of rotatable bonds is 5. The van der Waals surface area contributed by atoms with Crippen molar-refractivity contribution < 1.29 is 14.1 Å². The maximum absolute atomic E-state index is 12.9. The van der Waals surface area contributed by atoms with Crippen molar-refractivity contribution in [2.45, 2.75) is 6.54 Å². The third-order valence-electron chi connectivity index (χ3n) is 6.74. The molecule has 6 rings (SSSR count). The predicted molar refractivity (Wildman–Crippen MR) is 130 cm³/mol. The van der Waals surface area contributed by atoms with E-state index in [1.165, 1.54) is 5.56 Å². The van der Waals surface area contributed by atoms with Crippen molar-refractivity contribution in [1.82, 2.24) is 15.0 Å². The maximum atomic E-state index is 12.9. The highest BCUT2D eigenvalue weighted by molar-refractivity contribution is 5.98. The van der Waals surface area contributed by atoms with Crippen LogP contribution in [0.2, 0.25) is 0 Å². The zero-order valence-corrected chi connectivity index (χ0v) is 18.8. The van der Waals surface area contributed by atoms with Gasteiger partial charge in [0, 0.05) is 32.7 Å². The molecular weight excluding hydrogens is 428 g/mol. The number of aromatic nitrogens is 1. The van der Waals surface area contributed by atoms with E-state index in [0.717, 1.165) is 49.6 Å². The summed E-state index contributed by atoms with van der Waals surface area (Å²) in [6, 6.07) is 25.6. The van der Waals surface area contributed by atoms with Gasteiger partial charge in [-0.2, -0.15) is 0 Å². The summed E-state index contributed by atoms with van der Waals surface area (Å²) in [4.78, 5) is 17.2. The first-order valence-corrected chi connectivity index (χ1v) is 11.7. The fourth-order valence-electron chi connectivity index (χ4n) is 5.13. The molecule has 1 aromatic heterocycles. The van der Waals surface area contributed by atoms with Gasteiger partial charge < -0.3 is 14.2 Å². The number of carbonyl (C=O) groups excluding carboxylic acids is 1. The molecular formula is C27H26N4O3. The van der Waals surface area contributed by atoms with Crippen molar-refractivity contribution in [1.29, 1.82) is 0 Å². The molecule has 2 saturated heterocycles. The topological polar surface area (TPSA) is 70.8 Å². The third kappa shape index (κ3) is 4.22. The number of nitrogens with zero attached hydrogens (tertiary/aromatic N) is 3. The lowest BCUT2D eigenvalue weighted by Gasteiger charge is -2.21. The van der Waals surface area contributed by atoms with E-state index in [2.05, 4.69) is 27.5 Å². The lowest BCUT2D eigenvalue weighted by molar-refractivity contribution is 0.211. The minimum atomic E-state index is -0.106. The molecule has 0 radical (unpaired) electrons. The Labute approximate surface area is 197 Å². The summed E-state index contributed by atoms with van der Waals surface area (Å²) < 4.78 is 11.3. The van der Waals surface area contributed by atoms with Crippen molar-refractivity contribution in [2.75, 3.05) is 31.5 Å². The summed E-state index contributed by atoms with van der Waals surface area (Å²) in [5, 5.41) is 7.77. The Kier molecular flexibility index (Phi) is 5.39. The van der Waals surface area contributed by atoms with Gasteiger partial charge in [-0.25, -0.2) is 4.79 Å². The summed E-state index contributed by atoms with van der Waals surface area (Å²) in [5.74, 6) is 3.16. The largest absolute Gasteiger partial charge is 0.457 e. The molecule has 2 atom stereocenters. The first-order chi connectivity index (χ1) is 16.7. The van der Waals surface area contributed by atoms with Crippen LogP contribution in [-0.2, 0) is 6.54 Å². The number of para-hydroxylation sites is 2. The molecule has 2 aliphatic heterocycles. The van der Waals surface area contributed by atoms with Gasteiger partial charge in [0.05, 0.1) is 5.39 Å². The molecule has 2 amide bonds. The Balaban J connectivity index is 1.04. The molecule has 4 aromatic rings. The number of anilines is 1. The molecule has 34 heavy (non-hydrogen) atoms. The number of urea groups is 1. The van der Waals surface area contributed by atoms with Crippen molar-refractivity contribution >= 4 is 22.8 Å². The first kappa shape index (κ1) is 20.7. The van der Waals surface area contributed by atoms with Gasteiger partial charge in [-0.05, 0) is 53.8 Å². The Morgan fingerprint density at radius 2 is 1.65 bits per heavy atom. The van der Waals surface area contributed by atoms with E-state index in [1.807, 2.05) is 71.6 Å². The van der Waals surface area contributed by atoms with Crippen LogP contribution in [0.25, 0.3) is 11.0 Å². The van der Waals surface area contributed by atoms with Gasteiger partial charge in [-0.3, -0.25) is 10.2 Å². The second kappa shape index (κ2) is 8.83. The highest BCUT2D eigenvalue weighted by Gasteiger charge is 2.41. The smallest absolute Gasteiger partial charge is 0.323 e. The van der Waals surface area contributed by atoms with E-state index in [0.29, 0.717) is 23.2 Å². The molecule has 0 bridgehead atoms. The van der Waals surface area contributed by atoms with Crippen molar-refractivity contribution in [3.8, 4) is 11.5 Å². The summed E-state index contributed by atoms with van der Waals surface area (Å²) in [6.07, 6.45) is 0. The van der Waals surface area contributed by atoms with Gasteiger partial charge in [0.15, 0.2) is 11.4 Å². The molecule has 0 spiro atoms. The molecule has 2 aliphatic rings. The Morgan fingerprint density at radius 1 is 0.912 bits per heavy atom. The second-order valence-corrected chi connectivity index (χ2v) is 9.14. The lowest BCUT2D eigenvalue weighted by atomic mass is 10.0. The zero-order valence-electron chi connectivity index (χ0n) is 18.8. The lowest BCUT2D eigenvalue weighted by Crippen LogP contribution is -2.36. The number of fused-ring (bicyclic) bond motifs is 2. The van der Waals surface area contributed by atoms with E-state index in [9.17, 15) is 4.79 Å². The van der Waals surface area contributed by atoms with Gasteiger partial charge >= 0.3 is 6.03 Å². The van der Waals surface area contributed by atoms with Crippen molar-refractivity contribution in [3.05, 3.63) is 84.4 Å². The van der Waals surface area contributed by atoms with Gasteiger partial charge in [-0.15, -0.1) is 0 Å².